The SMILES string of the molecule is COc1cc(C(=O)CCC(=O)c2ccc(OCCO)c(OC)c2)nc(-c2csc3c(C)cccc23)c1. The highest BCUT2D eigenvalue weighted by molar-refractivity contribution is 7.18. The molecule has 0 aliphatic rings. The molecule has 0 aliphatic carbocycles. The number of thiophene rings is 1. The Morgan fingerprint density at radius 2 is 1.78 bits per heavy atom. The van der Waals surface area contributed by atoms with Gasteiger partial charge in [0, 0.05) is 51.6 Å². The smallest absolute Gasteiger partial charge is 0.181 e. The normalized spacial score (nSPS) is 10.9. The highest BCUT2D eigenvalue weighted by Gasteiger charge is 2.18. The molecule has 8 heteroatoms. The van der Waals surface area contributed by atoms with E-state index in [0.717, 1.165) is 10.9 Å². The van der Waals surface area contributed by atoms with Crippen molar-refractivity contribution in [3.63, 3.8) is 0 Å². The van der Waals surface area contributed by atoms with Gasteiger partial charge in [-0.3, -0.25) is 9.59 Å². The van der Waals surface area contributed by atoms with Crippen LogP contribution in [0.3, 0.4) is 0 Å². The quantitative estimate of drug-likeness (QED) is 0.269. The molecule has 2 aromatic carbocycles. The Hall–Kier alpha value is -3.75. The van der Waals surface area contributed by atoms with Crippen molar-refractivity contribution in [3.8, 4) is 28.5 Å². The van der Waals surface area contributed by atoms with E-state index < -0.39 is 0 Å². The number of ketones is 2. The zero-order chi connectivity index (χ0) is 25.7. The van der Waals surface area contributed by atoms with Crippen LogP contribution in [0.2, 0.25) is 0 Å². The van der Waals surface area contributed by atoms with Gasteiger partial charge in [-0.1, -0.05) is 18.2 Å². The van der Waals surface area contributed by atoms with Crippen molar-refractivity contribution < 1.29 is 28.9 Å². The molecule has 1 N–H and O–H groups in total. The van der Waals surface area contributed by atoms with Crippen LogP contribution in [0, 0.1) is 6.92 Å². The molecule has 0 spiro atoms. The number of pyridine rings is 1. The average Bonchev–Trinajstić information content (AvgIpc) is 3.35. The Bertz CT molecular complexity index is 1410. The summed E-state index contributed by atoms with van der Waals surface area (Å²) in [5, 5.41) is 12.1. The van der Waals surface area contributed by atoms with E-state index in [1.807, 2.05) is 23.6 Å². The van der Waals surface area contributed by atoms with Crippen LogP contribution in [0.5, 0.6) is 17.2 Å². The lowest BCUT2D eigenvalue weighted by molar-refractivity contribution is 0.0914. The Kier molecular flexibility index (Phi) is 7.97. The topological polar surface area (TPSA) is 95.0 Å². The maximum absolute atomic E-state index is 13.0. The molecule has 0 saturated carbocycles. The first kappa shape index (κ1) is 25.3. The molecular weight excluding hydrogens is 478 g/mol. The fourth-order valence-electron chi connectivity index (χ4n) is 3.92. The predicted molar refractivity (Wildman–Crippen MR) is 140 cm³/mol. The fraction of sp³-hybridized carbons (Fsp3) is 0.250. The molecule has 4 aromatic rings. The number of carbonyl (C=O) groups excluding carboxylic acids is 2. The minimum absolute atomic E-state index is 0.00696. The van der Waals surface area contributed by atoms with Gasteiger partial charge in [-0.25, -0.2) is 4.98 Å². The van der Waals surface area contributed by atoms with Crippen LogP contribution < -0.4 is 14.2 Å². The van der Waals surface area contributed by atoms with Crippen molar-refractivity contribution >= 4 is 33.0 Å². The fourth-order valence-corrected chi connectivity index (χ4v) is 4.96. The van der Waals surface area contributed by atoms with E-state index >= 15 is 0 Å². The van der Waals surface area contributed by atoms with Gasteiger partial charge in [-0.15, -0.1) is 11.3 Å². The summed E-state index contributed by atoms with van der Waals surface area (Å²) in [5.74, 6) is 0.915. The summed E-state index contributed by atoms with van der Waals surface area (Å²) < 4.78 is 17.3. The third kappa shape index (κ3) is 5.40. The highest BCUT2D eigenvalue weighted by Crippen LogP contribution is 2.36. The molecule has 4 rings (SSSR count). The molecule has 2 heterocycles. The number of aliphatic hydroxyl groups is 1. The molecule has 0 bridgehead atoms. The van der Waals surface area contributed by atoms with E-state index in [-0.39, 0.29) is 43.3 Å². The second kappa shape index (κ2) is 11.3. The van der Waals surface area contributed by atoms with Gasteiger partial charge >= 0.3 is 0 Å². The number of aromatic nitrogens is 1. The van der Waals surface area contributed by atoms with Gasteiger partial charge in [0.05, 0.1) is 26.5 Å². The van der Waals surface area contributed by atoms with Crippen molar-refractivity contribution in [2.75, 3.05) is 27.4 Å². The zero-order valence-corrected chi connectivity index (χ0v) is 21.2. The number of rotatable bonds is 11. The van der Waals surface area contributed by atoms with Crippen LogP contribution in [-0.4, -0.2) is 49.1 Å². The summed E-state index contributed by atoms with van der Waals surface area (Å²) in [6, 6.07) is 14.4. The van der Waals surface area contributed by atoms with Crippen LogP contribution in [-0.2, 0) is 0 Å². The summed E-state index contributed by atoms with van der Waals surface area (Å²) >= 11 is 1.64. The Labute approximate surface area is 213 Å². The molecule has 0 saturated heterocycles. The third-order valence-corrected chi connectivity index (χ3v) is 6.94. The second-order valence-electron chi connectivity index (χ2n) is 8.16. The van der Waals surface area contributed by atoms with E-state index in [2.05, 4.69) is 18.0 Å². The summed E-state index contributed by atoms with van der Waals surface area (Å²) in [6.45, 7) is 2.06. The predicted octanol–water partition coefficient (Wildman–Crippen LogP) is 5.51. The molecule has 0 unspecified atom stereocenters. The first-order chi connectivity index (χ1) is 17.4. The average molecular weight is 506 g/mol. The number of methoxy groups -OCH3 is 2. The highest BCUT2D eigenvalue weighted by atomic mass is 32.1. The third-order valence-electron chi connectivity index (χ3n) is 5.81. The van der Waals surface area contributed by atoms with E-state index in [1.54, 1.807) is 42.7 Å². The summed E-state index contributed by atoms with van der Waals surface area (Å²) in [4.78, 5) is 30.5. The number of fused-ring (bicyclic) bond motifs is 1. The first-order valence-electron chi connectivity index (χ1n) is 11.5. The Morgan fingerprint density at radius 3 is 2.53 bits per heavy atom. The number of aryl methyl sites for hydroxylation is 1. The van der Waals surface area contributed by atoms with Crippen LogP contribution in [0.25, 0.3) is 21.3 Å². The summed E-state index contributed by atoms with van der Waals surface area (Å²) in [5.41, 5.74) is 3.46. The number of ether oxygens (including phenoxy) is 3. The molecule has 0 radical (unpaired) electrons. The molecule has 36 heavy (non-hydrogen) atoms. The van der Waals surface area contributed by atoms with Gasteiger partial charge in [0.15, 0.2) is 23.1 Å². The molecule has 186 valence electrons. The number of benzene rings is 2. The second-order valence-corrected chi connectivity index (χ2v) is 9.04. The van der Waals surface area contributed by atoms with Crippen LogP contribution in [0.4, 0.5) is 0 Å². The van der Waals surface area contributed by atoms with Gasteiger partial charge in [0.25, 0.3) is 0 Å². The number of carbonyl (C=O) groups is 2. The monoisotopic (exact) mass is 505 g/mol. The number of hydrogen-bond acceptors (Lipinski definition) is 8. The van der Waals surface area contributed by atoms with Crippen molar-refractivity contribution in [1.29, 1.82) is 0 Å². The van der Waals surface area contributed by atoms with E-state index in [1.165, 1.54) is 17.4 Å². The molecular formula is C28H27NO6S. The van der Waals surface area contributed by atoms with E-state index in [0.29, 0.717) is 28.5 Å². The van der Waals surface area contributed by atoms with Crippen molar-refractivity contribution in [1.82, 2.24) is 4.98 Å². The first-order valence-corrected chi connectivity index (χ1v) is 12.3. The van der Waals surface area contributed by atoms with Gasteiger partial charge in [0.1, 0.15) is 18.1 Å². The van der Waals surface area contributed by atoms with Crippen molar-refractivity contribution in [2.24, 2.45) is 0 Å². The molecule has 2 aromatic heterocycles. The van der Waals surface area contributed by atoms with Crippen LogP contribution in [0.15, 0.2) is 53.9 Å². The lowest BCUT2D eigenvalue weighted by Gasteiger charge is -2.11. The molecule has 0 fully saturated rings. The van der Waals surface area contributed by atoms with E-state index in [4.69, 9.17) is 19.3 Å². The molecule has 0 amide bonds. The zero-order valence-electron chi connectivity index (χ0n) is 20.4. The standard InChI is InChI=1S/C28H27NO6S/c1-17-5-4-6-20-21(16-36-28(17)20)22-14-19(33-2)15-23(29-22)25(32)9-8-24(31)18-7-10-26(35-12-11-30)27(13-18)34-3/h4-7,10,13-16,30H,8-9,11-12H2,1-3H3. The van der Waals surface area contributed by atoms with Crippen molar-refractivity contribution in [2.45, 2.75) is 19.8 Å². The maximum Gasteiger partial charge on any atom is 0.181 e. The molecule has 0 atom stereocenters. The maximum atomic E-state index is 13.0. The number of hydrogen-bond donors (Lipinski definition) is 1. The van der Waals surface area contributed by atoms with Gasteiger partial charge in [-0.2, -0.15) is 0 Å². The molecule has 0 aliphatic heterocycles. The Morgan fingerprint density at radius 1 is 0.972 bits per heavy atom. The molecule has 7 nitrogen and oxygen atoms in total. The van der Waals surface area contributed by atoms with Gasteiger partial charge < -0.3 is 19.3 Å². The number of nitrogens with zero attached hydrogens (tertiary/aromatic N) is 1. The lowest BCUT2D eigenvalue weighted by Crippen LogP contribution is -2.08. The lowest BCUT2D eigenvalue weighted by atomic mass is 10.0. The minimum atomic E-state index is -0.242. The van der Waals surface area contributed by atoms with Crippen LogP contribution >= 0.6 is 11.3 Å². The van der Waals surface area contributed by atoms with Gasteiger partial charge in [-0.05, 0) is 30.7 Å². The Balaban J connectivity index is 1.53. The van der Waals surface area contributed by atoms with E-state index in [9.17, 15) is 9.59 Å². The van der Waals surface area contributed by atoms with Crippen molar-refractivity contribution in [3.05, 3.63) is 70.7 Å². The number of aliphatic hydroxyl groups excluding tert-OH is 1. The largest absolute Gasteiger partial charge is 0.497 e. The minimum Gasteiger partial charge on any atom is -0.497 e. The summed E-state index contributed by atoms with van der Waals surface area (Å²) in [7, 11) is 3.02. The summed E-state index contributed by atoms with van der Waals surface area (Å²) in [6.07, 6.45) is 0.0284. The van der Waals surface area contributed by atoms with Crippen LogP contribution in [0.1, 0.15) is 39.3 Å². The number of Topliss-reactive ketones (excluding diaryl/α,β-unsaturated/α-hetero) is 2. The van der Waals surface area contributed by atoms with Gasteiger partial charge in [0.2, 0.25) is 0 Å².